The summed E-state index contributed by atoms with van der Waals surface area (Å²) in [6.07, 6.45) is 0. The Morgan fingerprint density at radius 3 is 2.74 bits per heavy atom. The van der Waals surface area contributed by atoms with Crippen LogP contribution in [-0.2, 0) is 6.54 Å². The van der Waals surface area contributed by atoms with Crippen molar-refractivity contribution in [2.24, 2.45) is 5.92 Å². The number of halogens is 1. The average molecular weight is 346 g/mol. The first-order chi connectivity index (χ1) is 9.15. The van der Waals surface area contributed by atoms with Crippen molar-refractivity contribution in [2.45, 2.75) is 13.5 Å². The number of nitrogens with one attached hydrogen (secondary N) is 1. The van der Waals surface area contributed by atoms with Crippen LogP contribution >= 0.6 is 27.3 Å². The Hall–Kier alpha value is 0.0600. The van der Waals surface area contributed by atoms with Gasteiger partial charge in [0.25, 0.3) is 0 Å². The number of nitrogens with zero attached hydrogens (tertiary/aromatic N) is 2. The highest BCUT2D eigenvalue weighted by molar-refractivity contribution is 9.10. The fourth-order valence-corrected chi connectivity index (χ4v) is 3.88. The Kier molecular flexibility index (Phi) is 6.29. The van der Waals surface area contributed by atoms with Crippen LogP contribution in [0.2, 0.25) is 0 Å². The molecule has 1 atom stereocenters. The third kappa shape index (κ3) is 5.16. The molecule has 108 valence electrons. The van der Waals surface area contributed by atoms with E-state index in [0.29, 0.717) is 5.92 Å². The fourth-order valence-electron chi connectivity index (χ4n) is 2.42. The molecular weight excluding hydrogens is 322 g/mol. The molecule has 1 fully saturated rings. The number of thiophene rings is 1. The van der Waals surface area contributed by atoms with Crippen LogP contribution in [0.5, 0.6) is 0 Å². The average Bonchev–Trinajstić information content (AvgIpc) is 2.78. The van der Waals surface area contributed by atoms with Crippen molar-refractivity contribution in [3.63, 3.8) is 0 Å². The quantitative estimate of drug-likeness (QED) is 0.854. The number of rotatable bonds is 6. The van der Waals surface area contributed by atoms with E-state index in [1.54, 1.807) is 0 Å². The van der Waals surface area contributed by atoms with Crippen molar-refractivity contribution in [1.82, 2.24) is 15.1 Å². The lowest BCUT2D eigenvalue weighted by Gasteiger charge is -2.34. The Labute approximate surface area is 129 Å². The molecule has 1 aromatic rings. The zero-order valence-corrected chi connectivity index (χ0v) is 14.3. The second kappa shape index (κ2) is 7.74. The van der Waals surface area contributed by atoms with E-state index >= 15 is 0 Å². The third-order valence-corrected chi connectivity index (χ3v) is 5.56. The molecule has 2 heterocycles. The van der Waals surface area contributed by atoms with Crippen LogP contribution in [0.3, 0.4) is 0 Å². The highest BCUT2D eigenvalue weighted by Gasteiger charge is 2.15. The first kappa shape index (κ1) is 15.4. The van der Waals surface area contributed by atoms with Gasteiger partial charge in [0.15, 0.2) is 0 Å². The smallest absolute Gasteiger partial charge is 0.0327 e. The van der Waals surface area contributed by atoms with Crippen LogP contribution in [0.25, 0.3) is 0 Å². The number of likely N-dealkylation sites (N-methyl/N-ethyl adjacent to an activating group) is 1. The molecule has 1 aromatic heterocycles. The molecule has 0 amide bonds. The predicted octanol–water partition coefficient (Wildman–Crippen LogP) is 2.48. The maximum Gasteiger partial charge on any atom is 0.0327 e. The zero-order chi connectivity index (χ0) is 13.7. The SMILES string of the molecule is C[C@H](CNCc1sccc1Br)CN1CCN(C)CC1. The van der Waals surface area contributed by atoms with Gasteiger partial charge in [0, 0.05) is 48.6 Å². The van der Waals surface area contributed by atoms with Gasteiger partial charge in [0.2, 0.25) is 0 Å². The molecule has 0 unspecified atom stereocenters. The van der Waals surface area contributed by atoms with E-state index in [-0.39, 0.29) is 0 Å². The topological polar surface area (TPSA) is 18.5 Å². The van der Waals surface area contributed by atoms with Crippen molar-refractivity contribution in [2.75, 3.05) is 46.3 Å². The van der Waals surface area contributed by atoms with Gasteiger partial charge in [-0.25, -0.2) is 0 Å². The van der Waals surface area contributed by atoms with Gasteiger partial charge in [-0.3, -0.25) is 0 Å². The summed E-state index contributed by atoms with van der Waals surface area (Å²) in [7, 11) is 2.21. The highest BCUT2D eigenvalue weighted by atomic mass is 79.9. The second-order valence-electron chi connectivity index (χ2n) is 5.53. The lowest BCUT2D eigenvalue weighted by Crippen LogP contribution is -2.46. The van der Waals surface area contributed by atoms with E-state index in [1.807, 2.05) is 11.3 Å². The number of hydrogen-bond acceptors (Lipinski definition) is 4. The van der Waals surface area contributed by atoms with Gasteiger partial charge in [-0.15, -0.1) is 11.3 Å². The van der Waals surface area contributed by atoms with E-state index in [0.717, 1.165) is 13.1 Å². The Morgan fingerprint density at radius 2 is 2.11 bits per heavy atom. The summed E-state index contributed by atoms with van der Waals surface area (Å²) in [5.74, 6) is 0.710. The summed E-state index contributed by atoms with van der Waals surface area (Å²) < 4.78 is 1.23. The van der Waals surface area contributed by atoms with E-state index in [1.165, 1.54) is 42.1 Å². The van der Waals surface area contributed by atoms with Crippen molar-refractivity contribution < 1.29 is 0 Å². The zero-order valence-electron chi connectivity index (χ0n) is 11.9. The molecular formula is C14H24BrN3S. The van der Waals surface area contributed by atoms with Gasteiger partial charge in [-0.2, -0.15) is 0 Å². The van der Waals surface area contributed by atoms with Crippen molar-refractivity contribution in [1.29, 1.82) is 0 Å². The second-order valence-corrected chi connectivity index (χ2v) is 7.39. The molecule has 1 aliphatic rings. The summed E-state index contributed by atoms with van der Waals surface area (Å²) in [6.45, 7) is 10.5. The first-order valence-electron chi connectivity index (χ1n) is 6.98. The summed E-state index contributed by atoms with van der Waals surface area (Å²) in [5.41, 5.74) is 0. The van der Waals surface area contributed by atoms with Crippen LogP contribution in [0.15, 0.2) is 15.9 Å². The summed E-state index contributed by atoms with van der Waals surface area (Å²) in [5, 5.41) is 5.70. The van der Waals surface area contributed by atoms with Crippen LogP contribution in [0, 0.1) is 5.92 Å². The van der Waals surface area contributed by atoms with E-state index in [2.05, 4.69) is 56.5 Å². The van der Waals surface area contributed by atoms with E-state index < -0.39 is 0 Å². The lowest BCUT2D eigenvalue weighted by atomic mass is 10.1. The fraction of sp³-hybridized carbons (Fsp3) is 0.714. The molecule has 0 aliphatic carbocycles. The molecule has 1 aliphatic heterocycles. The van der Waals surface area contributed by atoms with Crippen LogP contribution in [0.4, 0.5) is 0 Å². The first-order valence-corrected chi connectivity index (χ1v) is 8.66. The monoisotopic (exact) mass is 345 g/mol. The largest absolute Gasteiger partial charge is 0.312 e. The lowest BCUT2D eigenvalue weighted by molar-refractivity contribution is 0.138. The van der Waals surface area contributed by atoms with E-state index in [4.69, 9.17) is 0 Å². The molecule has 3 nitrogen and oxygen atoms in total. The molecule has 0 radical (unpaired) electrons. The van der Waals surface area contributed by atoms with Gasteiger partial charge in [0.1, 0.15) is 0 Å². The van der Waals surface area contributed by atoms with Crippen LogP contribution < -0.4 is 5.32 Å². The van der Waals surface area contributed by atoms with Gasteiger partial charge in [-0.05, 0) is 46.9 Å². The molecule has 1 saturated heterocycles. The molecule has 19 heavy (non-hydrogen) atoms. The molecule has 5 heteroatoms. The third-order valence-electron chi connectivity index (χ3n) is 3.64. The van der Waals surface area contributed by atoms with Crippen molar-refractivity contribution in [3.05, 3.63) is 20.8 Å². The Bertz CT molecular complexity index is 375. The number of hydrogen-bond donors (Lipinski definition) is 1. The molecule has 1 N–H and O–H groups in total. The van der Waals surface area contributed by atoms with Crippen LogP contribution in [-0.4, -0.2) is 56.1 Å². The summed E-state index contributed by atoms with van der Waals surface area (Å²) in [6, 6.07) is 2.12. The van der Waals surface area contributed by atoms with Crippen LogP contribution in [0.1, 0.15) is 11.8 Å². The van der Waals surface area contributed by atoms with Gasteiger partial charge >= 0.3 is 0 Å². The Morgan fingerprint density at radius 1 is 1.37 bits per heavy atom. The van der Waals surface area contributed by atoms with Gasteiger partial charge < -0.3 is 15.1 Å². The minimum Gasteiger partial charge on any atom is -0.312 e. The maximum atomic E-state index is 3.58. The maximum absolute atomic E-state index is 3.58. The Balaban J connectivity index is 1.62. The molecule has 0 bridgehead atoms. The van der Waals surface area contributed by atoms with Gasteiger partial charge in [-0.1, -0.05) is 6.92 Å². The van der Waals surface area contributed by atoms with Gasteiger partial charge in [0.05, 0.1) is 0 Å². The number of piperazine rings is 1. The van der Waals surface area contributed by atoms with Crippen molar-refractivity contribution in [3.8, 4) is 0 Å². The molecule has 0 aromatic carbocycles. The molecule has 2 rings (SSSR count). The minimum atomic E-state index is 0.710. The van der Waals surface area contributed by atoms with E-state index in [9.17, 15) is 0 Å². The molecule has 0 spiro atoms. The highest BCUT2D eigenvalue weighted by Crippen LogP contribution is 2.22. The summed E-state index contributed by atoms with van der Waals surface area (Å²) in [4.78, 5) is 6.40. The van der Waals surface area contributed by atoms with Crippen molar-refractivity contribution >= 4 is 27.3 Å². The minimum absolute atomic E-state index is 0.710. The normalized spacial score (nSPS) is 19.7. The summed E-state index contributed by atoms with van der Waals surface area (Å²) >= 11 is 5.39. The standard InChI is InChI=1S/C14H24BrN3S/c1-12(11-18-6-4-17(2)5-7-18)9-16-10-14-13(15)3-8-19-14/h3,8,12,16H,4-7,9-11H2,1-2H3/t12-/m1/s1. The molecule has 0 saturated carbocycles. The predicted molar refractivity (Wildman–Crippen MR) is 86.8 cm³/mol.